The van der Waals surface area contributed by atoms with Gasteiger partial charge in [-0.2, -0.15) is 0 Å². The molecular formula is C10H18N2O3. The average molecular weight is 214 g/mol. The summed E-state index contributed by atoms with van der Waals surface area (Å²) >= 11 is 0. The second-order valence-corrected chi connectivity index (χ2v) is 4.13. The van der Waals surface area contributed by atoms with Gasteiger partial charge in [0, 0.05) is 0 Å². The van der Waals surface area contributed by atoms with E-state index in [9.17, 15) is 9.59 Å². The summed E-state index contributed by atoms with van der Waals surface area (Å²) in [5.74, 6) is -1.19. The number of carboxylic acid groups (broad SMARTS) is 1. The summed E-state index contributed by atoms with van der Waals surface area (Å²) in [5, 5.41) is 14.5. The molecule has 5 nitrogen and oxygen atoms in total. The number of hydrogen-bond donors (Lipinski definition) is 3. The van der Waals surface area contributed by atoms with E-state index in [1.165, 1.54) is 0 Å². The Morgan fingerprint density at radius 3 is 2.67 bits per heavy atom. The number of carbonyl (C=O) groups excluding carboxylic acids is 1. The Kier molecular flexibility index (Phi) is 3.68. The van der Waals surface area contributed by atoms with Crippen molar-refractivity contribution in [3.63, 3.8) is 0 Å². The molecule has 0 spiro atoms. The van der Waals surface area contributed by atoms with Crippen molar-refractivity contribution in [2.24, 2.45) is 0 Å². The molecule has 1 heterocycles. The number of hydrogen-bond acceptors (Lipinski definition) is 3. The summed E-state index contributed by atoms with van der Waals surface area (Å²) in [6.45, 7) is 4.36. The first-order valence-electron chi connectivity index (χ1n) is 5.28. The molecule has 0 aromatic rings. The second kappa shape index (κ2) is 4.61. The van der Waals surface area contributed by atoms with Crippen LogP contribution in [0.1, 0.15) is 33.1 Å². The lowest BCUT2D eigenvalue weighted by molar-refractivity contribution is -0.142. The zero-order chi connectivity index (χ0) is 11.5. The predicted octanol–water partition coefficient (Wildman–Crippen LogP) is 0.108. The molecule has 1 aliphatic heterocycles. The molecule has 2 atom stereocenters. The van der Waals surface area contributed by atoms with Crippen LogP contribution in [0.25, 0.3) is 0 Å². The van der Waals surface area contributed by atoms with Crippen LogP contribution >= 0.6 is 0 Å². The van der Waals surface area contributed by atoms with Gasteiger partial charge in [-0.3, -0.25) is 4.79 Å². The molecule has 86 valence electrons. The van der Waals surface area contributed by atoms with Crippen molar-refractivity contribution in [1.29, 1.82) is 0 Å². The Hall–Kier alpha value is -1.10. The first-order chi connectivity index (χ1) is 6.99. The van der Waals surface area contributed by atoms with E-state index < -0.39 is 17.6 Å². The third-order valence-corrected chi connectivity index (χ3v) is 2.88. The summed E-state index contributed by atoms with van der Waals surface area (Å²) in [5.41, 5.74) is -0.594. The van der Waals surface area contributed by atoms with E-state index >= 15 is 0 Å². The highest BCUT2D eigenvalue weighted by molar-refractivity contribution is 5.90. The molecule has 0 aromatic heterocycles. The van der Waals surface area contributed by atoms with Gasteiger partial charge in [-0.1, -0.05) is 6.92 Å². The molecule has 5 heteroatoms. The van der Waals surface area contributed by atoms with Crippen LogP contribution in [-0.2, 0) is 9.59 Å². The molecule has 0 bridgehead atoms. The van der Waals surface area contributed by atoms with Gasteiger partial charge < -0.3 is 15.7 Å². The minimum atomic E-state index is -0.979. The van der Waals surface area contributed by atoms with Crippen molar-refractivity contribution in [2.45, 2.75) is 44.7 Å². The van der Waals surface area contributed by atoms with Crippen molar-refractivity contribution in [3.05, 3.63) is 0 Å². The molecule has 1 saturated heterocycles. The van der Waals surface area contributed by atoms with Gasteiger partial charge in [-0.05, 0) is 32.7 Å². The Labute approximate surface area is 89.2 Å². The number of nitrogens with one attached hydrogen (secondary N) is 2. The summed E-state index contributed by atoms with van der Waals surface area (Å²) in [7, 11) is 0. The third-order valence-electron chi connectivity index (χ3n) is 2.88. The standard InChI is InChI=1S/C10H18N2O3/c1-3-7(8(13)14)12-9(15)10(2)5-4-6-11-10/h7,11H,3-6H2,1-2H3,(H,12,15)(H,13,14). The molecular weight excluding hydrogens is 196 g/mol. The Morgan fingerprint density at radius 2 is 2.27 bits per heavy atom. The minimum absolute atomic E-state index is 0.214. The van der Waals surface area contributed by atoms with E-state index in [4.69, 9.17) is 5.11 Å². The fraction of sp³-hybridized carbons (Fsp3) is 0.800. The Bertz CT molecular complexity index is 259. The monoisotopic (exact) mass is 214 g/mol. The van der Waals surface area contributed by atoms with Gasteiger partial charge in [0.25, 0.3) is 0 Å². The van der Waals surface area contributed by atoms with Crippen molar-refractivity contribution in [1.82, 2.24) is 10.6 Å². The summed E-state index contributed by atoms with van der Waals surface area (Å²) in [4.78, 5) is 22.6. The quantitative estimate of drug-likeness (QED) is 0.620. The molecule has 1 aliphatic rings. The van der Waals surface area contributed by atoms with Gasteiger partial charge in [0.15, 0.2) is 0 Å². The van der Waals surface area contributed by atoms with E-state index in [0.717, 1.165) is 19.4 Å². The largest absolute Gasteiger partial charge is 0.480 e. The van der Waals surface area contributed by atoms with Crippen LogP contribution in [0.5, 0.6) is 0 Å². The summed E-state index contributed by atoms with van der Waals surface area (Å²) < 4.78 is 0. The summed E-state index contributed by atoms with van der Waals surface area (Å²) in [6.07, 6.45) is 2.11. The average Bonchev–Trinajstić information content (AvgIpc) is 2.61. The van der Waals surface area contributed by atoms with Gasteiger partial charge in [0.05, 0.1) is 5.54 Å². The van der Waals surface area contributed by atoms with Gasteiger partial charge in [0.2, 0.25) is 5.91 Å². The second-order valence-electron chi connectivity index (χ2n) is 4.13. The van der Waals surface area contributed by atoms with Crippen molar-refractivity contribution < 1.29 is 14.7 Å². The zero-order valence-electron chi connectivity index (χ0n) is 9.17. The van der Waals surface area contributed by atoms with Gasteiger partial charge in [0.1, 0.15) is 6.04 Å². The molecule has 3 N–H and O–H groups in total. The Morgan fingerprint density at radius 1 is 1.60 bits per heavy atom. The van der Waals surface area contributed by atoms with E-state index in [1.807, 2.05) is 6.92 Å². The van der Waals surface area contributed by atoms with Crippen molar-refractivity contribution in [2.75, 3.05) is 6.54 Å². The molecule has 1 rings (SSSR count). The number of rotatable bonds is 4. The lowest BCUT2D eigenvalue weighted by Crippen LogP contribution is -2.55. The van der Waals surface area contributed by atoms with E-state index in [1.54, 1.807) is 6.92 Å². The topological polar surface area (TPSA) is 78.4 Å². The molecule has 0 aromatic carbocycles. The molecule has 0 radical (unpaired) electrons. The van der Waals surface area contributed by atoms with Crippen molar-refractivity contribution >= 4 is 11.9 Å². The molecule has 1 fully saturated rings. The highest BCUT2D eigenvalue weighted by atomic mass is 16.4. The van der Waals surface area contributed by atoms with E-state index in [0.29, 0.717) is 6.42 Å². The number of carbonyl (C=O) groups is 2. The number of amides is 1. The van der Waals surface area contributed by atoms with Crippen molar-refractivity contribution in [3.8, 4) is 0 Å². The lowest BCUT2D eigenvalue weighted by atomic mass is 9.98. The molecule has 2 unspecified atom stereocenters. The van der Waals surface area contributed by atoms with Crippen LogP contribution < -0.4 is 10.6 Å². The third kappa shape index (κ3) is 2.68. The first-order valence-corrected chi connectivity index (χ1v) is 5.28. The zero-order valence-corrected chi connectivity index (χ0v) is 9.17. The SMILES string of the molecule is CCC(NC(=O)C1(C)CCCN1)C(=O)O. The predicted molar refractivity (Wildman–Crippen MR) is 55.5 cm³/mol. The maximum atomic E-state index is 11.8. The molecule has 0 aliphatic carbocycles. The number of aliphatic carboxylic acids is 1. The highest BCUT2D eigenvalue weighted by Gasteiger charge is 2.37. The van der Waals surface area contributed by atoms with E-state index in [-0.39, 0.29) is 5.91 Å². The van der Waals surface area contributed by atoms with Crippen LogP contribution in [0.15, 0.2) is 0 Å². The van der Waals surface area contributed by atoms with E-state index in [2.05, 4.69) is 10.6 Å². The van der Waals surface area contributed by atoms with Gasteiger partial charge in [-0.15, -0.1) is 0 Å². The van der Waals surface area contributed by atoms with Crippen LogP contribution in [-0.4, -0.2) is 35.1 Å². The molecule has 15 heavy (non-hydrogen) atoms. The minimum Gasteiger partial charge on any atom is -0.480 e. The molecule has 1 amide bonds. The van der Waals surface area contributed by atoms with Gasteiger partial charge >= 0.3 is 5.97 Å². The van der Waals surface area contributed by atoms with Crippen LogP contribution in [0.4, 0.5) is 0 Å². The van der Waals surface area contributed by atoms with Gasteiger partial charge in [-0.25, -0.2) is 4.79 Å². The van der Waals surface area contributed by atoms with Crippen LogP contribution in [0.2, 0.25) is 0 Å². The fourth-order valence-electron chi connectivity index (χ4n) is 1.74. The normalized spacial score (nSPS) is 27.3. The van der Waals surface area contributed by atoms with Crippen LogP contribution in [0, 0.1) is 0 Å². The lowest BCUT2D eigenvalue weighted by Gasteiger charge is -2.25. The number of carboxylic acids is 1. The molecule has 0 saturated carbocycles. The van der Waals surface area contributed by atoms with Crippen LogP contribution in [0.3, 0.4) is 0 Å². The highest BCUT2D eigenvalue weighted by Crippen LogP contribution is 2.18. The maximum absolute atomic E-state index is 11.8. The smallest absolute Gasteiger partial charge is 0.326 e. The summed E-state index contributed by atoms with van der Waals surface area (Å²) in [6, 6.07) is -0.781. The maximum Gasteiger partial charge on any atom is 0.326 e. The first kappa shape index (κ1) is 12.0. The fourth-order valence-corrected chi connectivity index (χ4v) is 1.74. The Balaban J connectivity index is 2.57.